The molecule has 146 valence electrons. The minimum Gasteiger partial charge on any atom is -0.395 e. The number of hydrogen-bond acceptors (Lipinski definition) is 3. The van der Waals surface area contributed by atoms with Gasteiger partial charge in [-0.25, -0.2) is 0 Å². The number of benzene rings is 1. The maximum Gasteiger partial charge on any atom is 0.219 e. The zero-order chi connectivity index (χ0) is 18.8. The minimum atomic E-state index is 0.0871. The summed E-state index contributed by atoms with van der Waals surface area (Å²) in [5.41, 5.74) is 4.06. The summed E-state index contributed by atoms with van der Waals surface area (Å²) in [4.78, 5) is 14.1. The van der Waals surface area contributed by atoms with E-state index in [-0.39, 0.29) is 30.5 Å². The predicted molar refractivity (Wildman–Crippen MR) is 108 cm³/mol. The van der Waals surface area contributed by atoms with Crippen LogP contribution < -0.4 is 5.32 Å². The Hall–Kier alpha value is -1.65. The largest absolute Gasteiger partial charge is 0.395 e. The highest BCUT2D eigenvalue weighted by Gasteiger charge is 2.42. The Morgan fingerprint density at radius 2 is 1.93 bits per heavy atom. The van der Waals surface area contributed by atoms with Gasteiger partial charge >= 0.3 is 0 Å². The van der Waals surface area contributed by atoms with Crippen LogP contribution in [0, 0.1) is 5.92 Å². The third-order valence-corrected chi connectivity index (χ3v) is 6.76. The molecule has 2 aliphatic carbocycles. The molecule has 3 aliphatic rings. The normalized spacial score (nSPS) is 27.6. The van der Waals surface area contributed by atoms with E-state index < -0.39 is 0 Å². The van der Waals surface area contributed by atoms with Gasteiger partial charge in [0.25, 0.3) is 0 Å². The molecule has 0 bridgehead atoms. The average Bonchev–Trinajstić information content (AvgIpc) is 3.14. The summed E-state index contributed by atoms with van der Waals surface area (Å²) in [5.74, 6) is 1.11. The molecule has 0 unspecified atom stereocenters. The highest BCUT2D eigenvalue weighted by Crippen LogP contribution is 2.35. The molecule has 0 aromatic heterocycles. The molecule has 2 fully saturated rings. The molecule has 1 heterocycles. The maximum absolute atomic E-state index is 12.1. The van der Waals surface area contributed by atoms with E-state index in [1.165, 1.54) is 55.2 Å². The first-order valence-electron chi connectivity index (χ1n) is 10.6. The van der Waals surface area contributed by atoms with E-state index in [4.69, 9.17) is 0 Å². The molecule has 4 nitrogen and oxygen atoms in total. The summed E-state index contributed by atoms with van der Waals surface area (Å²) in [7, 11) is 0. The van der Waals surface area contributed by atoms with Crippen LogP contribution in [0.2, 0.25) is 0 Å². The Balaban J connectivity index is 1.44. The fraction of sp³-hybridized carbons (Fsp3) is 0.609. The fourth-order valence-electron chi connectivity index (χ4n) is 4.85. The van der Waals surface area contributed by atoms with Gasteiger partial charge in [-0.2, -0.15) is 0 Å². The second-order valence-corrected chi connectivity index (χ2v) is 8.55. The zero-order valence-corrected chi connectivity index (χ0v) is 16.4. The van der Waals surface area contributed by atoms with Gasteiger partial charge in [-0.05, 0) is 54.7 Å². The molecule has 0 spiro atoms. The van der Waals surface area contributed by atoms with Gasteiger partial charge < -0.3 is 15.3 Å². The molecule has 27 heavy (non-hydrogen) atoms. The molecule has 4 heteroatoms. The monoisotopic (exact) mass is 368 g/mol. The highest BCUT2D eigenvalue weighted by atomic mass is 16.3. The van der Waals surface area contributed by atoms with Crippen LogP contribution in [0.25, 0.3) is 5.57 Å². The van der Waals surface area contributed by atoms with Crippen molar-refractivity contribution in [2.45, 2.75) is 63.5 Å². The first kappa shape index (κ1) is 18.7. The number of rotatable bonds is 7. The maximum atomic E-state index is 12.1. The van der Waals surface area contributed by atoms with Crippen LogP contribution in [0.3, 0.4) is 0 Å². The van der Waals surface area contributed by atoms with Crippen molar-refractivity contribution in [1.29, 1.82) is 0 Å². The Kier molecular flexibility index (Phi) is 5.65. The third-order valence-electron chi connectivity index (χ3n) is 6.76. The van der Waals surface area contributed by atoms with Crippen molar-refractivity contribution < 1.29 is 9.90 Å². The van der Waals surface area contributed by atoms with Gasteiger partial charge in [-0.1, -0.05) is 36.8 Å². The van der Waals surface area contributed by atoms with Gasteiger partial charge in [0.1, 0.15) is 0 Å². The summed E-state index contributed by atoms with van der Waals surface area (Å²) >= 11 is 0. The Morgan fingerprint density at radius 1 is 1.15 bits per heavy atom. The average molecular weight is 369 g/mol. The standard InChI is InChI=1S/C23H32N2O2/c1-16(27)25(13-17-5-4-6-17)14-21-23(22(15-26)24-21)20-11-9-19(10-12-20)18-7-2-3-8-18/h7,9-12,17,21-24,26H,2-6,8,13-15H2,1H3/t21-,22-,23-/m1/s1. The Morgan fingerprint density at radius 3 is 2.48 bits per heavy atom. The SMILES string of the molecule is CC(=O)N(CC1CCC1)C[C@H]1N[C@H](CO)[C@@H]1c1ccc(C2=CCCC2)cc1. The van der Waals surface area contributed by atoms with Gasteiger partial charge in [-0.15, -0.1) is 0 Å². The van der Waals surface area contributed by atoms with Gasteiger partial charge in [-0.3, -0.25) is 4.79 Å². The lowest BCUT2D eigenvalue weighted by atomic mass is 9.77. The molecule has 0 radical (unpaired) electrons. The quantitative estimate of drug-likeness (QED) is 0.776. The van der Waals surface area contributed by atoms with E-state index in [1.807, 2.05) is 4.90 Å². The van der Waals surface area contributed by atoms with Crippen molar-refractivity contribution in [3.63, 3.8) is 0 Å². The van der Waals surface area contributed by atoms with Gasteiger partial charge in [0, 0.05) is 38.0 Å². The molecule has 1 saturated carbocycles. The highest BCUT2D eigenvalue weighted by molar-refractivity contribution is 5.73. The van der Waals surface area contributed by atoms with Crippen LogP contribution in [0.5, 0.6) is 0 Å². The second kappa shape index (κ2) is 8.15. The molecule has 4 rings (SSSR count). The van der Waals surface area contributed by atoms with Crippen molar-refractivity contribution in [2.24, 2.45) is 5.92 Å². The number of aliphatic hydroxyl groups is 1. The lowest BCUT2D eigenvalue weighted by Gasteiger charge is -2.48. The summed E-state index contributed by atoms with van der Waals surface area (Å²) in [6.07, 6.45) is 9.80. The number of nitrogens with zero attached hydrogens (tertiary/aromatic N) is 1. The van der Waals surface area contributed by atoms with E-state index in [0.717, 1.165) is 13.1 Å². The van der Waals surface area contributed by atoms with Crippen molar-refractivity contribution in [3.05, 3.63) is 41.5 Å². The van der Waals surface area contributed by atoms with Crippen LogP contribution >= 0.6 is 0 Å². The molecule has 1 amide bonds. The smallest absolute Gasteiger partial charge is 0.219 e. The second-order valence-electron chi connectivity index (χ2n) is 8.55. The van der Waals surface area contributed by atoms with Crippen LogP contribution in [-0.2, 0) is 4.79 Å². The van der Waals surface area contributed by atoms with Gasteiger partial charge in [0.15, 0.2) is 0 Å². The first-order chi connectivity index (χ1) is 13.2. The number of allylic oxidation sites excluding steroid dienone is 2. The molecule has 2 N–H and O–H groups in total. The molecular weight excluding hydrogens is 336 g/mol. The van der Waals surface area contributed by atoms with Crippen molar-refractivity contribution in [2.75, 3.05) is 19.7 Å². The van der Waals surface area contributed by atoms with Crippen LogP contribution in [0.1, 0.15) is 62.5 Å². The number of nitrogens with one attached hydrogen (secondary N) is 1. The first-order valence-corrected chi connectivity index (χ1v) is 10.6. The van der Waals surface area contributed by atoms with Crippen LogP contribution in [0.4, 0.5) is 0 Å². The summed E-state index contributed by atoms with van der Waals surface area (Å²) in [6, 6.07) is 9.21. The topological polar surface area (TPSA) is 52.6 Å². The number of aliphatic hydroxyl groups excluding tert-OH is 1. The van der Waals surface area contributed by atoms with Crippen molar-refractivity contribution in [3.8, 4) is 0 Å². The van der Waals surface area contributed by atoms with Crippen LogP contribution in [-0.4, -0.2) is 47.7 Å². The van der Waals surface area contributed by atoms with E-state index >= 15 is 0 Å². The minimum absolute atomic E-state index is 0.0871. The number of amides is 1. The Labute approximate surface area is 162 Å². The molecular formula is C23H32N2O2. The van der Waals surface area contributed by atoms with Gasteiger partial charge in [0.05, 0.1) is 6.61 Å². The lowest BCUT2D eigenvalue weighted by Crippen LogP contribution is -2.65. The van der Waals surface area contributed by atoms with E-state index in [2.05, 4.69) is 35.7 Å². The molecule has 1 saturated heterocycles. The van der Waals surface area contributed by atoms with E-state index in [0.29, 0.717) is 5.92 Å². The predicted octanol–water partition coefficient (Wildman–Crippen LogP) is 3.32. The summed E-state index contributed by atoms with van der Waals surface area (Å²) in [6.45, 7) is 3.44. The fourth-order valence-corrected chi connectivity index (χ4v) is 4.85. The van der Waals surface area contributed by atoms with Crippen LogP contribution in [0.15, 0.2) is 30.3 Å². The van der Waals surface area contributed by atoms with E-state index in [1.54, 1.807) is 6.92 Å². The van der Waals surface area contributed by atoms with E-state index in [9.17, 15) is 9.90 Å². The Bertz CT molecular complexity index is 693. The molecule has 1 aliphatic heterocycles. The van der Waals surface area contributed by atoms with Crippen molar-refractivity contribution >= 4 is 11.5 Å². The summed E-state index contributed by atoms with van der Waals surface area (Å²) in [5, 5.41) is 13.2. The number of carbonyl (C=O) groups excluding carboxylic acids is 1. The van der Waals surface area contributed by atoms with Gasteiger partial charge in [0.2, 0.25) is 5.91 Å². The molecule has 3 atom stereocenters. The van der Waals surface area contributed by atoms with Crippen molar-refractivity contribution in [1.82, 2.24) is 10.2 Å². The number of hydrogen-bond donors (Lipinski definition) is 2. The molecule has 1 aromatic carbocycles. The third kappa shape index (κ3) is 3.97. The molecule has 1 aromatic rings. The summed E-state index contributed by atoms with van der Waals surface area (Å²) < 4.78 is 0. The lowest BCUT2D eigenvalue weighted by molar-refractivity contribution is -0.130. The number of carbonyl (C=O) groups is 1. The zero-order valence-electron chi connectivity index (χ0n) is 16.4.